The summed E-state index contributed by atoms with van der Waals surface area (Å²) < 4.78 is 4.25. The summed E-state index contributed by atoms with van der Waals surface area (Å²) in [4.78, 5) is 1.15. The van der Waals surface area contributed by atoms with Gasteiger partial charge in [-0.2, -0.15) is 0 Å². The summed E-state index contributed by atoms with van der Waals surface area (Å²) in [6.07, 6.45) is 0. The standard InChI is InChI=1S/C5H6OS.C2H6O.C2H6/c1-4-2-3-5(6)7-4;1-3-2;1-2/h2-3,6H,1H3;1-2H3;1-2H3. The predicted molar refractivity (Wildman–Crippen MR) is 55.0 cm³/mol. The van der Waals surface area contributed by atoms with Gasteiger partial charge in [0.2, 0.25) is 0 Å². The van der Waals surface area contributed by atoms with Crippen molar-refractivity contribution in [3.05, 3.63) is 17.0 Å². The summed E-state index contributed by atoms with van der Waals surface area (Å²) in [6, 6.07) is 3.58. The van der Waals surface area contributed by atoms with E-state index in [0.717, 1.165) is 4.88 Å². The number of rotatable bonds is 0. The molecule has 0 saturated carbocycles. The maximum absolute atomic E-state index is 8.67. The molecule has 0 atom stereocenters. The minimum absolute atomic E-state index is 0.400. The lowest BCUT2D eigenvalue weighted by Gasteiger charge is -1.71. The molecule has 0 fully saturated rings. The van der Waals surface area contributed by atoms with Crippen LogP contribution in [0.25, 0.3) is 0 Å². The number of aromatic hydroxyl groups is 1. The number of methoxy groups -OCH3 is 1. The topological polar surface area (TPSA) is 29.5 Å². The second-order valence-corrected chi connectivity index (χ2v) is 3.06. The molecule has 0 aromatic carbocycles. The molecule has 0 unspecified atom stereocenters. The summed E-state index contributed by atoms with van der Waals surface area (Å²) in [6.45, 7) is 5.96. The third-order valence-electron chi connectivity index (χ3n) is 0.726. The first-order chi connectivity index (χ1) is 5.70. The van der Waals surface area contributed by atoms with Crippen molar-refractivity contribution in [2.45, 2.75) is 20.8 Å². The summed E-state index contributed by atoms with van der Waals surface area (Å²) in [7, 11) is 3.25. The van der Waals surface area contributed by atoms with Gasteiger partial charge in [-0.15, -0.1) is 11.3 Å². The molecule has 0 saturated heterocycles. The first kappa shape index (κ1) is 14.0. The number of hydrogen-bond donors (Lipinski definition) is 1. The van der Waals surface area contributed by atoms with Crippen molar-refractivity contribution >= 4 is 11.3 Å². The van der Waals surface area contributed by atoms with E-state index in [1.54, 1.807) is 20.3 Å². The molecule has 0 spiro atoms. The van der Waals surface area contributed by atoms with Gasteiger partial charge in [0.05, 0.1) is 0 Å². The van der Waals surface area contributed by atoms with E-state index in [-0.39, 0.29) is 0 Å². The molecule has 0 aliphatic heterocycles. The Morgan fingerprint density at radius 1 is 1.25 bits per heavy atom. The minimum atomic E-state index is 0.400. The Bertz CT molecular complexity index is 156. The fraction of sp³-hybridized carbons (Fsp3) is 0.556. The first-order valence-electron chi connectivity index (χ1n) is 3.86. The summed E-state index contributed by atoms with van der Waals surface area (Å²) in [5.41, 5.74) is 0. The molecule has 1 heterocycles. The maximum atomic E-state index is 8.67. The van der Waals surface area contributed by atoms with Gasteiger partial charge in [0.1, 0.15) is 0 Å². The molecule has 3 heteroatoms. The van der Waals surface area contributed by atoms with Crippen molar-refractivity contribution in [1.29, 1.82) is 0 Å². The van der Waals surface area contributed by atoms with E-state index < -0.39 is 0 Å². The number of thiophene rings is 1. The van der Waals surface area contributed by atoms with Crippen molar-refractivity contribution < 1.29 is 9.84 Å². The average molecular weight is 190 g/mol. The highest BCUT2D eigenvalue weighted by Gasteiger charge is 1.87. The fourth-order valence-electron chi connectivity index (χ4n) is 0.422. The molecule has 0 amide bonds. The maximum Gasteiger partial charge on any atom is 0.171 e. The molecule has 2 nitrogen and oxygen atoms in total. The van der Waals surface area contributed by atoms with Crippen LogP contribution in [0.4, 0.5) is 0 Å². The van der Waals surface area contributed by atoms with Crippen molar-refractivity contribution in [2.24, 2.45) is 0 Å². The summed E-state index contributed by atoms with van der Waals surface area (Å²) in [5.74, 6) is 0. The molecular weight excluding hydrogens is 172 g/mol. The molecule has 1 aromatic rings. The van der Waals surface area contributed by atoms with Crippen LogP contribution in [0.5, 0.6) is 5.06 Å². The van der Waals surface area contributed by atoms with Crippen LogP contribution in [-0.2, 0) is 4.74 Å². The van der Waals surface area contributed by atoms with Crippen molar-refractivity contribution in [2.75, 3.05) is 14.2 Å². The van der Waals surface area contributed by atoms with E-state index in [9.17, 15) is 0 Å². The Labute approximate surface area is 78.8 Å². The molecule has 1 rings (SSSR count). The van der Waals surface area contributed by atoms with Crippen molar-refractivity contribution in [3.63, 3.8) is 0 Å². The molecule has 72 valence electrons. The van der Waals surface area contributed by atoms with E-state index in [2.05, 4.69) is 4.74 Å². The van der Waals surface area contributed by atoms with Gasteiger partial charge >= 0.3 is 0 Å². The lowest BCUT2D eigenvalue weighted by Crippen LogP contribution is -1.55. The Kier molecular flexibility index (Phi) is 12.2. The SMILES string of the molecule is CC.COC.Cc1ccc(O)s1. The molecule has 0 aliphatic rings. The Morgan fingerprint density at radius 3 is 1.75 bits per heavy atom. The lowest BCUT2D eigenvalue weighted by atomic mass is 10.5. The third kappa shape index (κ3) is 9.46. The molecule has 0 aliphatic carbocycles. The Hall–Kier alpha value is -0.540. The van der Waals surface area contributed by atoms with Gasteiger partial charge < -0.3 is 9.84 Å². The first-order valence-corrected chi connectivity index (χ1v) is 4.68. The molecule has 1 aromatic heterocycles. The second-order valence-electron chi connectivity index (χ2n) is 1.79. The van der Waals surface area contributed by atoms with Crippen LogP contribution in [0, 0.1) is 6.92 Å². The monoisotopic (exact) mass is 190 g/mol. The van der Waals surface area contributed by atoms with E-state index in [1.807, 2.05) is 26.8 Å². The van der Waals surface area contributed by atoms with Crippen LogP contribution >= 0.6 is 11.3 Å². The van der Waals surface area contributed by atoms with Crippen LogP contribution in [0.2, 0.25) is 0 Å². The smallest absolute Gasteiger partial charge is 0.171 e. The highest BCUT2D eigenvalue weighted by molar-refractivity contribution is 7.13. The predicted octanol–water partition coefficient (Wildman–Crippen LogP) is 3.05. The third-order valence-corrected chi connectivity index (χ3v) is 1.53. The van der Waals surface area contributed by atoms with Crippen molar-refractivity contribution in [3.8, 4) is 5.06 Å². The van der Waals surface area contributed by atoms with E-state index >= 15 is 0 Å². The fourth-order valence-corrected chi connectivity index (χ4v) is 1.02. The zero-order chi connectivity index (χ0) is 9.98. The van der Waals surface area contributed by atoms with Gasteiger partial charge in [0, 0.05) is 19.1 Å². The molecule has 0 radical (unpaired) electrons. The Balaban J connectivity index is 0. The quantitative estimate of drug-likeness (QED) is 0.681. The number of ether oxygens (including phenoxy) is 1. The number of hydrogen-bond acceptors (Lipinski definition) is 3. The van der Waals surface area contributed by atoms with Gasteiger partial charge in [0.25, 0.3) is 0 Å². The van der Waals surface area contributed by atoms with Crippen LogP contribution in [0.1, 0.15) is 18.7 Å². The van der Waals surface area contributed by atoms with E-state index in [1.165, 1.54) is 11.3 Å². The average Bonchev–Trinajstić information content (AvgIpc) is 2.40. The van der Waals surface area contributed by atoms with Crippen LogP contribution in [-0.4, -0.2) is 19.3 Å². The molecule has 0 bridgehead atoms. The second kappa shape index (κ2) is 10.5. The molecule has 1 N–H and O–H groups in total. The van der Waals surface area contributed by atoms with Gasteiger partial charge in [-0.25, -0.2) is 0 Å². The largest absolute Gasteiger partial charge is 0.499 e. The summed E-state index contributed by atoms with van der Waals surface area (Å²) in [5, 5.41) is 9.07. The normalized spacial score (nSPS) is 7.42. The van der Waals surface area contributed by atoms with Gasteiger partial charge in [-0.1, -0.05) is 13.8 Å². The van der Waals surface area contributed by atoms with Crippen LogP contribution in [0.3, 0.4) is 0 Å². The summed E-state index contributed by atoms with van der Waals surface area (Å²) >= 11 is 1.40. The Morgan fingerprint density at radius 2 is 1.67 bits per heavy atom. The highest BCUT2D eigenvalue weighted by atomic mass is 32.1. The van der Waals surface area contributed by atoms with Crippen LogP contribution in [0.15, 0.2) is 12.1 Å². The van der Waals surface area contributed by atoms with Gasteiger partial charge in [0.15, 0.2) is 5.06 Å². The minimum Gasteiger partial charge on any atom is -0.499 e. The molecule has 12 heavy (non-hydrogen) atoms. The van der Waals surface area contributed by atoms with Gasteiger partial charge in [-0.3, -0.25) is 0 Å². The van der Waals surface area contributed by atoms with E-state index in [4.69, 9.17) is 5.11 Å². The highest BCUT2D eigenvalue weighted by Crippen LogP contribution is 2.20. The number of aryl methyl sites for hydroxylation is 1. The lowest BCUT2D eigenvalue weighted by molar-refractivity contribution is 0.277. The van der Waals surface area contributed by atoms with Crippen molar-refractivity contribution in [1.82, 2.24) is 0 Å². The van der Waals surface area contributed by atoms with Crippen LogP contribution < -0.4 is 0 Å². The zero-order valence-electron chi connectivity index (χ0n) is 8.42. The van der Waals surface area contributed by atoms with Gasteiger partial charge in [-0.05, 0) is 19.1 Å². The zero-order valence-corrected chi connectivity index (χ0v) is 9.23. The molecular formula is C9H18O2S. The van der Waals surface area contributed by atoms with E-state index in [0.29, 0.717) is 5.06 Å².